The van der Waals surface area contributed by atoms with Crippen molar-refractivity contribution in [2.75, 3.05) is 18.1 Å². The normalized spacial score (nSPS) is 33.8. The molecule has 3 unspecified atom stereocenters. The molecular formula is C12H20N2O3S. The van der Waals surface area contributed by atoms with E-state index in [1.165, 1.54) is 0 Å². The summed E-state index contributed by atoms with van der Waals surface area (Å²) in [6.45, 7) is 2.44. The summed E-state index contributed by atoms with van der Waals surface area (Å²) in [7, 11) is -2.95. The zero-order valence-corrected chi connectivity index (χ0v) is 11.4. The number of rotatable bonds is 3. The van der Waals surface area contributed by atoms with Gasteiger partial charge in [-0.3, -0.25) is 4.79 Å². The van der Waals surface area contributed by atoms with E-state index in [2.05, 4.69) is 0 Å². The summed E-state index contributed by atoms with van der Waals surface area (Å²) in [5.41, 5.74) is 5.75. The molecule has 0 aromatic rings. The van der Waals surface area contributed by atoms with Crippen LogP contribution in [0.5, 0.6) is 0 Å². The molecule has 0 spiro atoms. The summed E-state index contributed by atoms with van der Waals surface area (Å²) < 4.78 is 23.0. The summed E-state index contributed by atoms with van der Waals surface area (Å²) in [5.74, 6) is 0.142. The van der Waals surface area contributed by atoms with Crippen molar-refractivity contribution < 1.29 is 13.2 Å². The van der Waals surface area contributed by atoms with Crippen molar-refractivity contribution in [3.63, 3.8) is 0 Å². The minimum Gasteiger partial charge on any atom is -0.338 e. The fourth-order valence-corrected chi connectivity index (χ4v) is 4.47. The Hall–Kier alpha value is -0.880. The molecule has 1 aliphatic heterocycles. The number of hydrogen-bond acceptors (Lipinski definition) is 4. The monoisotopic (exact) mass is 272 g/mol. The van der Waals surface area contributed by atoms with Crippen LogP contribution in [0.4, 0.5) is 0 Å². The molecule has 1 aliphatic carbocycles. The van der Waals surface area contributed by atoms with Gasteiger partial charge in [0.15, 0.2) is 9.84 Å². The average Bonchev–Trinajstić information content (AvgIpc) is 2.86. The van der Waals surface area contributed by atoms with Gasteiger partial charge in [-0.05, 0) is 19.8 Å². The molecule has 3 atom stereocenters. The van der Waals surface area contributed by atoms with Gasteiger partial charge in [0.1, 0.15) is 0 Å². The number of amides is 1. The molecule has 1 fully saturated rings. The fourth-order valence-electron chi connectivity index (χ4n) is 2.74. The minimum absolute atomic E-state index is 0.0174. The van der Waals surface area contributed by atoms with E-state index >= 15 is 0 Å². The Labute approximate surface area is 108 Å². The van der Waals surface area contributed by atoms with Crippen molar-refractivity contribution in [1.82, 2.24) is 4.90 Å². The maximum Gasteiger partial charge on any atom is 0.229 e. The molecule has 0 saturated carbocycles. The van der Waals surface area contributed by atoms with E-state index in [-0.39, 0.29) is 35.4 Å². The quantitative estimate of drug-likeness (QED) is 0.729. The smallest absolute Gasteiger partial charge is 0.229 e. The molecule has 1 saturated heterocycles. The lowest BCUT2D eigenvalue weighted by atomic mass is 10.0. The number of sulfone groups is 1. The average molecular weight is 272 g/mol. The first-order chi connectivity index (χ1) is 8.43. The van der Waals surface area contributed by atoms with Crippen LogP contribution < -0.4 is 5.73 Å². The second-order valence-electron chi connectivity index (χ2n) is 5.07. The summed E-state index contributed by atoms with van der Waals surface area (Å²) in [5, 5.41) is 0. The summed E-state index contributed by atoms with van der Waals surface area (Å²) in [6.07, 6.45) is 4.89. The van der Waals surface area contributed by atoms with Gasteiger partial charge in [0.25, 0.3) is 0 Å². The SMILES string of the molecule is CCN(C(=O)C1C=CC(N)C1)C1CCS(=O)(=O)C1. The standard InChI is InChI=1S/C12H20N2O3S/c1-2-14(11-5-6-18(16,17)8-11)12(15)9-3-4-10(13)7-9/h3-4,9-11H,2,5-8,13H2,1H3. The van der Waals surface area contributed by atoms with Crippen LogP contribution in [-0.4, -0.2) is 49.4 Å². The molecule has 0 aromatic heterocycles. The van der Waals surface area contributed by atoms with Crippen molar-refractivity contribution in [3.8, 4) is 0 Å². The van der Waals surface area contributed by atoms with E-state index in [0.717, 1.165) is 0 Å². The summed E-state index contributed by atoms with van der Waals surface area (Å²) >= 11 is 0. The van der Waals surface area contributed by atoms with E-state index in [1.54, 1.807) is 4.90 Å². The molecule has 5 nitrogen and oxygen atoms in total. The molecule has 1 amide bonds. The first-order valence-electron chi connectivity index (χ1n) is 6.37. The van der Waals surface area contributed by atoms with Gasteiger partial charge < -0.3 is 10.6 Å². The molecule has 18 heavy (non-hydrogen) atoms. The number of carbonyl (C=O) groups is 1. The predicted molar refractivity (Wildman–Crippen MR) is 69.7 cm³/mol. The molecule has 0 aromatic carbocycles. The number of nitrogens with zero attached hydrogens (tertiary/aromatic N) is 1. The van der Waals surface area contributed by atoms with Crippen molar-refractivity contribution in [2.24, 2.45) is 11.7 Å². The molecule has 0 bridgehead atoms. The van der Waals surface area contributed by atoms with Crippen LogP contribution in [0.3, 0.4) is 0 Å². The van der Waals surface area contributed by atoms with Crippen LogP contribution in [0.25, 0.3) is 0 Å². The third-order valence-corrected chi connectivity index (χ3v) is 5.46. The molecule has 2 aliphatic rings. The van der Waals surface area contributed by atoms with Gasteiger partial charge in [-0.25, -0.2) is 8.42 Å². The molecule has 2 N–H and O–H groups in total. The second kappa shape index (κ2) is 5.01. The van der Waals surface area contributed by atoms with Gasteiger partial charge in [0, 0.05) is 18.6 Å². The van der Waals surface area contributed by atoms with E-state index in [4.69, 9.17) is 5.73 Å². The Morgan fingerprint density at radius 2 is 2.17 bits per heavy atom. The summed E-state index contributed by atoms with van der Waals surface area (Å²) in [6, 6.07) is -0.206. The van der Waals surface area contributed by atoms with Crippen molar-refractivity contribution in [2.45, 2.75) is 31.8 Å². The van der Waals surface area contributed by atoms with Crippen LogP contribution in [-0.2, 0) is 14.6 Å². The van der Waals surface area contributed by atoms with E-state index in [0.29, 0.717) is 19.4 Å². The molecule has 2 rings (SSSR count). The van der Waals surface area contributed by atoms with Crippen LogP contribution >= 0.6 is 0 Å². The molecule has 102 valence electrons. The van der Waals surface area contributed by atoms with Gasteiger partial charge >= 0.3 is 0 Å². The Balaban J connectivity index is 2.05. The highest BCUT2D eigenvalue weighted by atomic mass is 32.2. The maximum absolute atomic E-state index is 12.3. The third-order valence-electron chi connectivity index (χ3n) is 3.71. The summed E-state index contributed by atoms with van der Waals surface area (Å²) in [4.78, 5) is 14.1. The van der Waals surface area contributed by atoms with Crippen LogP contribution in [0.1, 0.15) is 19.8 Å². The van der Waals surface area contributed by atoms with Gasteiger partial charge in [-0.2, -0.15) is 0 Å². The molecule has 0 radical (unpaired) electrons. The van der Waals surface area contributed by atoms with Crippen LogP contribution in [0.15, 0.2) is 12.2 Å². The molecule has 6 heteroatoms. The number of nitrogens with two attached hydrogens (primary N) is 1. The van der Waals surface area contributed by atoms with Crippen LogP contribution in [0.2, 0.25) is 0 Å². The lowest BCUT2D eigenvalue weighted by Crippen LogP contribution is -2.43. The first kappa shape index (κ1) is 13.5. The van der Waals surface area contributed by atoms with Gasteiger partial charge in [-0.1, -0.05) is 12.2 Å². The van der Waals surface area contributed by atoms with E-state index < -0.39 is 9.84 Å². The first-order valence-corrected chi connectivity index (χ1v) is 8.20. The molecular weight excluding hydrogens is 252 g/mol. The Kier molecular flexibility index (Phi) is 3.77. The van der Waals surface area contributed by atoms with Crippen molar-refractivity contribution in [1.29, 1.82) is 0 Å². The highest BCUT2D eigenvalue weighted by molar-refractivity contribution is 7.91. The van der Waals surface area contributed by atoms with Crippen molar-refractivity contribution in [3.05, 3.63) is 12.2 Å². The zero-order valence-electron chi connectivity index (χ0n) is 10.6. The maximum atomic E-state index is 12.3. The number of hydrogen-bond donors (Lipinski definition) is 1. The Morgan fingerprint density at radius 1 is 1.44 bits per heavy atom. The van der Waals surface area contributed by atoms with Gasteiger partial charge in [0.05, 0.1) is 17.4 Å². The second-order valence-corrected chi connectivity index (χ2v) is 7.30. The largest absolute Gasteiger partial charge is 0.338 e. The van der Waals surface area contributed by atoms with E-state index in [9.17, 15) is 13.2 Å². The minimum atomic E-state index is -2.95. The Bertz CT molecular complexity index is 458. The molecule has 1 heterocycles. The zero-order chi connectivity index (χ0) is 13.3. The predicted octanol–water partition coefficient (Wildman–Crippen LogP) is -0.0746. The third kappa shape index (κ3) is 2.75. The Morgan fingerprint density at radius 3 is 2.61 bits per heavy atom. The lowest BCUT2D eigenvalue weighted by molar-refractivity contribution is -0.135. The highest BCUT2D eigenvalue weighted by Gasteiger charge is 2.36. The lowest BCUT2D eigenvalue weighted by Gasteiger charge is -2.29. The highest BCUT2D eigenvalue weighted by Crippen LogP contribution is 2.24. The fraction of sp³-hybridized carbons (Fsp3) is 0.750. The number of carbonyl (C=O) groups excluding carboxylic acids is 1. The van der Waals surface area contributed by atoms with Crippen LogP contribution in [0, 0.1) is 5.92 Å². The van der Waals surface area contributed by atoms with E-state index in [1.807, 2.05) is 19.1 Å². The van der Waals surface area contributed by atoms with Gasteiger partial charge in [-0.15, -0.1) is 0 Å². The van der Waals surface area contributed by atoms with Crippen molar-refractivity contribution >= 4 is 15.7 Å². The topological polar surface area (TPSA) is 80.5 Å². The van der Waals surface area contributed by atoms with Gasteiger partial charge in [0.2, 0.25) is 5.91 Å².